The molecule has 1 N–H and O–H groups in total. The van der Waals surface area contributed by atoms with Gasteiger partial charge in [0.15, 0.2) is 0 Å². The molecule has 0 saturated carbocycles. The van der Waals surface area contributed by atoms with E-state index in [-0.39, 0.29) is 10.6 Å². The number of anilines is 1. The predicted molar refractivity (Wildman–Crippen MR) is 144 cm³/mol. The van der Waals surface area contributed by atoms with Crippen molar-refractivity contribution in [3.05, 3.63) is 88.4 Å². The van der Waals surface area contributed by atoms with Gasteiger partial charge < -0.3 is 10.1 Å². The number of thioether (sulfide) groups is 1. The van der Waals surface area contributed by atoms with Crippen LogP contribution in [-0.4, -0.2) is 39.8 Å². The maximum absolute atomic E-state index is 13.5. The molecule has 0 bridgehead atoms. The molecule has 3 aromatic rings. The van der Waals surface area contributed by atoms with E-state index in [0.29, 0.717) is 40.5 Å². The Morgan fingerprint density at radius 2 is 1.69 bits per heavy atom. The van der Waals surface area contributed by atoms with Gasteiger partial charge in [0.1, 0.15) is 12.3 Å². The largest absolute Gasteiger partial charge is 0.492 e. The fourth-order valence-corrected chi connectivity index (χ4v) is 5.92. The fraction of sp³-hybridized carbons (Fsp3) is 0.240. The van der Waals surface area contributed by atoms with E-state index in [1.807, 2.05) is 31.2 Å². The summed E-state index contributed by atoms with van der Waals surface area (Å²) in [6.45, 7) is 2.14. The number of nitrogens with one attached hydrogen (secondary N) is 1. The molecule has 0 fully saturated rings. The lowest BCUT2D eigenvalue weighted by molar-refractivity contribution is -0.119. The van der Waals surface area contributed by atoms with E-state index < -0.39 is 22.5 Å². The molecule has 1 amide bonds. The standard InChI is InChI=1S/C25H26Cl2N2O4S2/c1-2-33-24-10-6-5-9-23(24)29(35(31,32)21-13-11-20(26)12-14-21)17-25(30)28-15-16-34-18-19-7-3-4-8-22(19)27/h3-14H,2,15-18H2,1H3,(H,28,30). The van der Waals surface area contributed by atoms with E-state index in [4.69, 9.17) is 27.9 Å². The van der Waals surface area contributed by atoms with Crippen molar-refractivity contribution < 1.29 is 17.9 Å². The number of hydrogen-bond donors (Lipinski definition) is 1. The van der Waals surface area contributed by atoms with Crippen LogP contribution in [0.25, 0.3) is 0 Å². The average molecular weight is 554 g/mol. The molecule has 3 aromatic carbocycles. The number of rotatable bonds is 12. The molecular formula is C25H26Cl2N2O4S2. The van der Waals surface area contributed by atoms with Crippen LogP contribution in [0.5, 0.6) is 5.75 Å². The summed E-state index contributed by atoms with van der Waals surface area (Å²) in [7, 11) is -4.07. The van der Waals surface area contributed by atoms with Crippen molar-refractivity contribution >= 4 is 56.6 Å². The zero-order chi connectivity index (χ0) is 25.3. The second-order valence-electron chi connectivity index (χ2n) is 7.36. The molecule has 0 aliphatic rings. The van der Waals surface area contributed by atoms with Crippen LogP contribution >= 0.6 is 35.0 Å². The Labute approximate surface area is 220 Å². The molecule has 0 radical (unpaired) electrons. The van der Waals surface area contributed by atoms with Crippen molar-refractivity contribution in [2.45, 2.75) is 17.6 Å². The van der Waals surface area contributed by atoms with Gasteiger partial charge in [-0.25, -0.2) is 8.42 Å². The molecule has 35 heavy (non-hydrogen) atoms. The Bertz CT molecular complexity index is 1240. The second-order valence-corrected chi connectivity index (χ2v) is 11.2. The lowest BCUT2D eigenvalue weighted by Gasteiger charge is -2.26. The van der Waals surface area contributed by atoms with E-state index in [0.717, 1.165) is 9.87 Å². The minimum Gasteiger partial charge on any atom is -0.492 e. The second kappa shape index (κ2) is 13.1. The lowest BCUT2D eigenvalue weighted by atomic mass is 10.2. The summed E-state index contributed by atoms with van der Waals surface area (Å²) in [5, 5.41) is 3.93. The maximum atomic E-state index is 13.5. The van der Waals surface area contributed by atoms with Crippen LogP contribution in [-0.2, 0) is 20.6 Å². The SMILES string of the molecule is CCOc1ccccc1N(CC(=O)NCCSCc1ccccc1Cl)S(=O)(=O)c1ccc(Cl)cc1. The third-order valence-corrected chi connectivity index (χ3v) is 8.31. The number of nitrogens with zero attached hydrogens (tertiary/aromatic N) is 1. The summed E-state index contributed by atoms with van der Waals surface area (Å²) < 4.78 is 33.8. The third-order valence-electron chi connectivity index (χ3n) is 4.91. The quantitative estimate of drug-likeness (QED) is 0.294. The first-order valence-electron chi connectivity index (χ1n) is 10.9. The smallest absolute Gasteiger partial charge is 0.264 e. The molecule has 0 heterocycles. The van der Waals surface area contributed by atoms with Crippen molar-refractivity contribution in [2.24, 2.45) is 0 Å². The zero-order valence-electron chi connectivity index (χ0n) is 19.1. The number of halogens is 2. The Morgan fingerprint density at radius 3 is 2.40 bits per heavy atom. The van der Waals surface area contributed by atoms with E-state index in [9.17, 15) is 13.2 Å². The summed E-state index contributed by atoms with van der Waals surface area (Å²) in [5.74, 6) is 1.31. The number of carbonyl (C=O) groups is 1. The van der Waals surface area contributed by atoms with Gasteiger partial charge in [-0.15, -0.1) is 0 Å². The normalized spacial score (nSPS) is 11.2. The van der Waals surface area contributed by atoms with Gasteiger partial charge in [-0.3, -0.25) is 9.10 Å². The number of carbonyl (C=O) groups excluding carboxylic acids is 1. The van der Waals surface area contributed by atoms with Gasteiger partial charge in [-0.2, -0.15) is 11.8 Å². The van der Waals surface area contributed by atoms with Crippen LogP contribution in [0.2, 0.25) is 10.0 Å². The van der Waals surface area contributed by atoms with Gasteiger partial charge in [0.05, 0.1) is 17.2 Å². The zero-order valence-corrected chi connectivity index (χ0v) is 22.3. The van der Waals surface area contributed by atoms with Crippen molar-refractivity contribution in [1.29, 1.82) is 0 Å². The summed E-state index contributed by atoms with van der Waals surface area (Å²) >= 11 is 13.7. The molecule has 0 unspecified atom stereocenters. The molecule has 3 rings (SSSR count). The van der Waals surface area contributed by atoms with Gasteiger partial charge in [0.2, 0.25) is 5.91 Å². The molecule has 0 aliphatic heterocycles. The molecule has 0 atom stereocenters. The number of benzene rings is 3. The van der Waals surface area contributed by atoms with Gasteiger partial charge in [-0.05, 0) is 55.0 Å². The maximum Gasteiger partial charge on any atom is 0.264 e. The summed E-state index contributed by atoms with van der Waals surface area (Å²) in [6, 6.07) is 20.2. The van der Waals surface area contributed by atoms with E-state index >= 15 is 0 Å². The molecule has 0 aliphatic carbocycles. The molecule has 186 valence electrons. The number of ether oxygens (including phenoxy) is 1. The van der Waals surface area contributed by atoms with Crippen molar-refractivity contribution in [3.8, 4) is 5.75 Å². The highest BCUT2D eigenvalue weighted by atomic mass is 35.5. The summed E-state index contributed by atoms with van der Waals surface area (Å²) in [4.78, 5) is 12.8. The lowest BCUT2D eigenvalue weighted by Crippen LogP contribution is -2.41. The van der Waals surface area contributed by atoms with Gasteiger partial charge in [-0.1, -0.05) is 53.5 Å². The van der Waals surface area contributed by atoms with Crippen LogP contribution in [0.4, 0.5) is 5.69 Å². The number of amides is 1. The minimum absolute atomic E-state index is 0.0243. The first kappa shape index (κ1) is 27.2. The molecule has 10 heteroatoms. The molecule has 0 aromatic heterocycles. The Balaban J connectivity index is 1.71. The third kappa shape index (κ3) is 7.54. The van der Waals surface area contributed by atoms with Crippen molar-refractivity contribution in [3.63, 3.8) is 0 Å². The highest BCUT2D eigenvalue weighted by Gasteiger charge is 2.29. The summed E-state index contributed by atoms with van der Waals surface area (Å²) in [6.07, 6.45) is 0. The molecular weight excluding hydrogens is 527 g/mol. The summed E-state index contributed by atoms with van der Waals surface area (Å²) in [5.41, 5.74) is 1.31. The Hall–Kier alpha value is -2.39. The fourth-order valence-electron chi connectivity index (χ4n) is 3.22. The first-order valence-corrected chi connectivity index (χ1v) is 14.3. The minimum atomic E-state index is -4.07. The topological polar surface area (TPSA) is 75.7 Å². The number of sulfonamides is 1. The van der Waals surface area contributed by atoms with Crippen LogP contribution in [0.15, 0.2) is 77.7 Å². The van der Waals surface area contributed by atoms with E-state index in [1.54, 1.807) is 36.0 Å². The van der Waals surface area contributed by atoms with Gasteiger partial charge in [0.25, 0.3) is 10.0 Å². The van der Waals surface area contributed by atoms with Crippen LogP contribution < -0.4 is 14.4 Å². The monoisotopic (exact) mass is 552 g/mol. The molecule has 0 spiro atoms. The Kier molecular flexibility index (Phi) is 10.2. The van der Waals surface area contributed by atoms with Crippen molar-refractivity contribution in [1.82, 2.24) is 5.32 Å². The average Bonchev–Trinajstić information content (AvgIpc) is 2.84. The first-order chi connectivity index (χ1) is 16.8. The van der Waals surface area contributed by atoms with Crippen LogP contribution in [0.3, 0.4) is 0 Å². The molecule has 6 nitrogen and oxygen atoms in total. The van der Waals surface area contributed by atoms with Gasteiger partial charge in [0, 0.05) is 28.1 Å². The molecule has 0 saturated heterocycles. The number of hydrogen-bond acceptors (Lipinski definition) is 5. The van der Waals surface area contributed by atoms with Crippen LogP contribution in [0, 0.1) is 0 Å². The number of para-hydroxylation sites is 2. The van der Waals surface area contributed by atoms with E-state index in [2.05, 4.69) is 5.32 Å². The highest BCUT2D eigenvalue weighted by Crippen LogP contribution is 2.32. The predicted octanol–water partition coefficient (Wildman–Crippen LogP) is 5.64. The van der Waals surface area contributed by atoms with Gasteiger partial charge >= 0.3 is 0 Å². The van der Waals surface area contributed by atoms with Crippen LogP contribution in [0.1, 0.15) is 12.5 Å². The van der Waals surface area contributed by atoms with Crippen molar-refractivity contribution in [2.75, 3.05) is 29.8 Å². The van der Waals surface area contributed by atoms with E-state index in [1.165, 1.54) is 24.3 Å². The highest BCUT2D eigenvalue weighted by molar-refractivity contribution is 7.98. The Morgan fingerprint density at radius 1 is 1.00 bits per heavy atom.